The quantitative estimate of drug-likeness (QED) is 0.535. The van der Waals surface area contributed by atoms with Crippen molar-refractivity contribution in [2.24, 2.45) is 0 Å². The lowest BCUT2D eigenvalue weighted by atomic mass is 10.1. The van der Waals surface area contributed by atoms with Gasteiger partial charge in [0.15, 0.2) is 0 Å². The molecular formula is C23H30N4O5S. The van der Waals surface area contributed by atoms with E-state index in [1.165, 1.54) is 19.2 Å². The summed E-state index contributed by atoms with van der Waals surface area (Å²) in [7, 11) is -2.38. The van der Waals surface area contributed by atoms with Crippen LogP contribution in [-0.4, -0.2) is 66.9 Å². The largest absolute Gasteiger partial charge is 0.497 e. The van der Waals surface area contributed by atoms with Crippen LogP contribution in [-0.2, 0) is 14.8 Å². The first kappa shape index (κ1) is 23.3. The van der Waals surface area contributed by atoms with Gasteiger partial charge in [-0.05, 0) is 43.2 Å². The van der Waals surface area contributed by atoms with E-state index in [4.69, 9.17) is 9.47 Å². The smallest absolute Gasteiger partial charge is 0.262 e. The van der Waals surface area contributed by atoms with Crippen molar-refractivity contribution < 1.29 is 22.7 Å². The van der Waals surface area contributed by atoms with Gasteiger partial charge in [0.1, 0.15) is 5.75 Å². The molecule has 1 unspecified atom stereocenters. The molecule has 0 bridgehead atoms. The van der Waals surface area contributed by atoms with Crippen molar-refractivity contribution in [3.8, 4) is 5.75 Å². The third kappa shape index (κ3) is 5.76. The number of sulfonamides is 1. The Bertz CT molecular complexity index is 1080. The average Bonchev–Trinajstić information content (AvgIpc) is 3.36. The van der Waals surface area contributed by atoms with E-state index in [-0.39, 0.29) is 16.9 Å². The summed E-state index contributed by atoms with van der Waals surface area (Å²) >= 11 is 0. The number of hydrogen-bond acceptors (Lipinski definition) is 7. The van der Waals surface area contributed by atoms with E-state index in [9.17, 15) is 13.2 Å². The lowest BCUT2D eigenvalue weighted by Crippen LogP contribution is -2.44. The normalized spacial score (nSPS) is 18.7. The minimum Gasteiger partial charge on any atom is -0.497 e. The SMILES string of the molecule is COc1cccc(S(=O)(=O)Nc2ccc(N3CCNCC3)c(C(=O)NCC3CCCO3)c2)c1. The first-order valence-corrected chi connectivity index (χ1v) is 12.6. The Hall–Kier alpha value is -2.82. The zero-order chi connectivity index (χ0) is 23.3. The van der Waals surface area contributed by atoms with Crippen LogP contribution in [0, 0.1) is 0 Å². The summed E-state index contributed by atoms with van der Waals surface area (Å²) < 4.78 is 39.2. The summed E-state index contributed by atoms with van der Waals surface area (Å²) in [6.45, 7) is 4.32. The molecule has 2 heterocycles. The summed E-state index contributed by atoms with van der Waals surface area (Å²) in [4.78, 5) is 15.4. The van der Waals surface area contributed by atoms with Crippen molar-refractivity contribution in [1.82, 2.24) is 10.6 Å². The van der Waals surface area contributed by atoms with Crippen molar-refractivity contribution >= 4 is 27.3 Å². The topological polar surface area (TPSA) is 109 Å². The molecule has 1 amide bonds. The molecule has 2 aromatic rings. The lowest BCUT2D eigenvalue weighted by Gasteiger charge is -2.31. The summed E-state index contributed by atoms with van der Waals surface area (Å²) in [5, 5.41) is 6.26. The van der Waals surface area contributed by atoms with Crippen LogP contribution in [0.2, 0.25) is 0 Å². The molecule has 178 valence electrons. The standard InChI is InChI=1S/C23H30N4O5S/c1-31-18-4-2-6-20(15-18)33(29,30)26-17-7-8-22(27-11-9-24-10-12-27)21(14-17)23(28)25-16-19-5-3-13-32-19/h2,4,6-8,14-15,19,24,26H,3,5,9-13,16H2,1H3,(H,25,28). The molecule has 4 rings (SSSR count). The minimum atomic E-state index is -3.86. The molecule has 0 aromatic heterocycles. The van der Waals surface area contributed by atoms with E-state index in [0.29, 0.717) is 30.2 Å². The molecule has 1 atom stereocenters. The van der Waals surface area contributed by atoms with Gasteiger partial charge in [-0.3, -0.25) is 9.52 Å². The highest BCUT2D eigenvalue weighted by atomic mass is 32.2. The van der Waals surface area contributed by atoms with E-state index < -0.39 is 10.0 Å². The summed E-state index contributed by atoms with van der Waals surface area (Å²) in [6.07, 6.45) is 1.94. The van der Waals surface area contributed by atoms with Crippen molar-refractivity contribution in [2.75, 3.05) is 56.1 Å². The van der Waals surface area contributed by atoms with Gasteiger partial charge in [-0.15, -0.1) is 0 Å². The monoisotopic (exact) mass is 474 g/mol. The maximum absolute atomic E-state index is 13.1. The second kappa shape index (κ2) is 10.4. The number of piperazine rings is 1. The molecule has 0 radical (unpaired) electrons. The lowest BCUT2D eigenvalue weighted by molar-refractivity contribution is 0.0858. The van der Waals surface area contributed by atoms with E-state index in [0.717, 1.165) is 44.7 Å². The zero-order valence-corrected chi connectivity index (χ0v) is 19.5. The van der Waals surface area contributed by atoms with Crippen molar-refractivity contribution in [2.45, 2.75) is 23.8 Å². The van der Waals surface area contributed by atoms with Crippen molar-refractivity contribution in [3.63, 3.8) is 0 Å². The van der Waals surface area contributed by atoms with Crippen LogP contribution in [0.5, 0.6) is 5.75 Å². The van der Waals surface area contributed by atoms with Crippen molar-refractivity contribution in [3.05, 3.63) is 48.0 Å². The summed E-state index contributed by atoms with van der Waals surface area (Å²) in [5.41, 5.74) is 1.53. The van der Waals surface area contributed by atoms with Crippen LogP contribution in [0.25, 0.3) is 0 Å². The second-order valence-corrected chi connectivity index (χ2v) is 9.78. The highest BCUT2D eigenvalue weighted by Crippen LogP contribution is 2.27. The van der Waals surface area contributed by atoms with Gasteiger partial charge < -0.3 is 25.0 Å². The first-order valence-electron chi connectivity index (χ1n) is 11.1. The predicted molar refractivity (Wildman–Crippen MR) is 127 cm³/mol. The molecule has 2 fully saturated rings. The molecule has 0 spiro atoms. The Morgan fingerprint density at radius 2 is 2.03 bits per heavy atom. The molecule has 9 nitrogen and oxygen atoms in total. The molecule has 2 aliphatic heterocycles. The zero-order valence-electron chi connectivity index (χ0n) is 18.7. The summed E-state index contributed by atoms with van der Waals surface area (Å²) in [6, 6.07) is 11.3. The number of amides is 1. The number of benzene rings is 2. The van der Waals surface area contributed by atoms with Gasteiger partial charge in [-0.25, -0.2) is 8.42 Å². The number of hydrogen-bond donors (Lipinski definition) is 3. The minimum absolute atomic E-state index is 0.0198. The van der Waals surface area contributed by atoms with E-state index in [1.807, 2.05) is 0 Å². The Morgan fingerprint density at radius 3 is 2.76 bits per heavy atom. The number of nitrogens with zero attached hydrogens (tertiary/aromatic N) is 1. The average molecular weight is 475 g/mol. The number of rotatable bonds is 8. The fraction of sp³-hybridized carbons (Fsp3) is 0.435. The number of carbonyl (C=O) groups is 1. The highest BCUT2D eigenvalue weighted by molar-refractivity contribution is 7.92. The number of ether oxygens (including phenoxy) is 2. The molecule has 33 heavy (non-hydrogen) atoms. The van der Waals surface area contributed by atoms with Crippen LogP contribution in [0.1, 0.15) is 23.2 Å². The molecular weight excluding hydrogens is 444 g/mol. The van der Waals surface area contributed by atoms with E-state index >= 15 is 0 Å². The molecule has 2 saturated heterocycles. The van der Waals surface area contributed by atoms with E-state index in [2.05, 4.69) is 20.3 Å². The molecule has 0 saturated carbocycles. The van der Waals surface area contributed by atoms with Crippen molar-refractivity contribution in [1.29, 1.82) is 0 Å². The Morgan fingerprint density at radius 1 is 1.21 bits per heavy atom. The van der Waals surface area contributed by atoms with Crippen LogP contribution in [0.4, 0.5) is 11.4 Å². The van der Waals surface area contributed by atoms with Crippen LogP contribution >= 0.6 is 0 Å². The van der Waals surface area contributed by atoms with Gasteiger partial charge in [0, 0.05) is 56.8 Å². The first-order chi connectivity index (χ1) is 16.0. The number of methoxy groups -OCH3 is 1. The Kier molecular flexibility index (Phi) is 7.36. The van der Waals surface area contributed by atoms with Gasteiger partial charge in [0.25, 0.3) is 15.9 Å². The van der Waals surface area contributed by atoms with Gasteiger partial charge in [0.05, 0.1) is 23.7 Å². The fourth-order valence-corrected chi connectivity index (χ4v) is 5.14. The third-order valence-electron chi connectivity index (χ3n) is 5.82. The van der Waals surface area contributed by atoms with E-state index in [1.54, 1.807) is 30.3 Å². The van der Waals surface area contributed by atoms with Gasteiger partial charge in [0.2, 0.25) is 0 Å². The van der Waals surface area contributed by atoms with Crippen LogP contribution in [0.15, 0.2) is 47.4 Å². The Balaban J connectivity index is 1.59. The highest BCUT2D eigenvalue weighted by Gasteiger charge is 2.23. The van der Waals surface area contributed by atoms with Crippen LogP contribution < -0.4 is 25.0 Å². The molecule has 2 aliphatic rings. The Labute approximate surface area is 194 Å². The molecule has 2 aromatic carbocycles. The van der Waals surface area contributed by atoms with Gasteiger partial charge in [-0.1, -0.05) is 6.07 Å². The molecule has 3 N–H and O–H groups in total. The second-order valence-electron chi connectivity index (χ2n) is 8.10. The van der Waals surface area contributed by atoms with Gasteiger partial charge in [-0.2, -0.15) is 0 Å². The number of nitrogens with one attached hydrogen (secondary N) is 3. The maximum atomic E-state index is 13.1. The van der Waals surface area contributed by atoms with Crippen LogP contribution in [0.3, 0.4) is 0 Å². The third-order valence-corrected chi connectivity index (χ3v) is 7.20. The number of carbonyl (C=O) groups excluding carboxylic acids is 1. The number of anilines is 2. The fourth-order valence-electron chi connectivity index (χ4n) is 4.05. The summed E-state index contributed by atoms with van der Waals surface area (Å²) in [5.74, 6) is 0.197. The van der Waals surface area contributed by atoms with Gasteiger partial charge >= 0.3 is 0 Å². The predicted octanol–water partition coefficient (Wildman–Crippen LogP) is 1.81. The molecule has 0 aliphatic carbocycles. The molecule has 10 heteroatoms. The maximum Gasteiger partial charge on any atom is 0.262 e.